The quantitative estimate of drug-likeness (QED) is 0.670. The molecule has 0 aliphatic carbocycles. The van der Waals surface area contributed by atoms with Gasteiger partial charge in [-0.1, -0.05) is 0 Å². The maximum Gasteiger partial charge on any atom is 0.304 e. The number of carboxylic acids is 1. The Morgan fingerprint density at radius 1 is 1.50 bits per heavy atom. The Hall–Kier alpha value is -0.610. The number of nitrogens with one attached hydrogen (secondary N) is 1. The summed E-state index contributed by atoms with van der Waals surface area (Å²) in [6, 6.07) is 0.193. The van der Waals surface area contributed by atoms with Gasteiger partial charge in [0.1, 0.15) is 0 Å². The first-order valence-corrected chi connectivity index (χ1v) is 5.33. The van der Waals surface area contributed by atoms with E-state index in [1.54, 1.807) is 0 Å². The van der Waals surface area contributed by atoms with Crippen molar-refractivity contribution >= 4 is 5.97 Å². The second-order valence-electron chi connectivity index (χ2n) is 4.58. The monoisotopic (exact) mass is 198 g/mol. The molecule has 14 heavy (non-hydrogen) atoms. The van der Waals surface area contributed by atoms with Crippen LogP contribution in [0.5, 0.6) is 0 Å². The number of rotatable bonds is 3. The fraction of sp³-hybridized carbons (Fsp3) is 0.900. The highest BCUT2D eigenvalue weighted by atomic mass is 16.4. The summed E-state index contributed by atoms with van der Waals surface area (Å²) in [5.41, 5.74) is 0. The van der Waals surface area contributed by atoms with Crippen LogP contribution in [0.15, 0.2) is 0 Å². The fourth-order valence-electron chi connectivity index (χ4n) is 2.63. The number of carbonyl (C=O) groups is 1. The van der Waals surface area contributed by atoms with Gasteiger partial charge in [-0.2, -0.15) is 0 Å². The molecule has 0 amide bonds. The van der Waals surface area contributed by atoms with Crippen molar-refractivity contribution < 1.29 is 9.90 Å². The normalized spacial score (nSPS) is 34.4. The average Bonchev–Trinajstić information content (AvgIpc) is 2.58. The largest absolute Gasteiger partial charge is 0.481 e. The summed E-state index contributed by atoms with van der Waals surface area (Å²) in [7, 11) is 0. The highest BCUT2D eigenvalue weighted by molar-refractivity contribution is 5.67. The van der Waals surface area contributed by atoms with Crippen molar-refractivity contribution in [3.8, 4) is 0 Å². The lowest BCUT2D eigenvalue weighted by Gasteiger charge is -2.23. The Kier molecular flexibility index (Phi) is 2.74. The van der Waals surface area contributed by atoms with Crippen molar-refractivity contribution in [3.63, 3.8) is 0 Å². The van der Waals surface area contributed by atoms with E-state index >= 15 is 0 Å². The zero-order chi connectivity index (χ0) is 10.1. The van der Waals surface area contributed by atoms with Crippen LogP contribution in [-0.2, 0) is 4.79 Å². The van der Waals surface area contributed by atoms with E-state index in [0.29, 0.717) is 0 Å². The van der Waals surface area contributed by atoms with Gasteiger partial charge in [0, 0.05) is 19.1 Å². The molecule has 0 aromatic carbocycles. The molecule has 0 spiro atoms. The predicted octanol–water partition coefficient (Wildman–Crippen LogP) is 0.000800. The van der Waals surface area contributed by atoms with Gasteiger partial charge in [-0.3, -0.25) is 9.69 Å². The van der Waals surface area contributed by atoms with Crippen LogP contribution in [0, 0.1) is 11.8 Å². The second kappa shape index (κ2) is 3.87. The molecule has 4 nitrogen and oxygen atoms in total. The molecule has 2 fully saturated rings. The van der Waals surface area contributed by atoms with E-state index in [1.807, 2.05) is 6.92 Å². The smallest absolute Gasteiger partial charge is 0.304 e. The lowest BCUT2D eigenvalue weighted by molar-refractivity contribution is -0.138. The van der Waals surface area contributed by atoms with Crippen molar-refractivity contribution in [1.29, 1.82) is 0 Å². The van der Waals surface area contributed by atoms with Crippen LogP contribution < -0.4 is 5.32 Å². The van der Waals surface area contributed by atoms with Crippen molar-refractivity contribution in [2.24, 2.45) is 11.8 Å². The SMILES string of the molecule is CC(CC(=O)O)N1CC2CNCC2C1. The van der Waals surface area contributed by atoms with E-state index in [1.165, 1.54) is 0 Å². The molecule has 2 saturated heterocycles. The lowest BCUT2D eigenvalue weighted by atomic mass is 10.0. The van der Waals surface area contributed by atoms with Gasteiger partial charge in [0.2, 0.25) is 0 Å². The van der Waals surface area contributed by atoms with E-state index in [4.69, 9.17) is 5.11 Å². The summed E-state index contributed by atoms with van der Waals surface area (Å²) < 4.78 is 0. The third kappa shape index (κ3) is 1.91. The van der Waals surface area contributed by atoms with Gasteiger partial charge < -0.3 is 10.4 Å². The van der Waals surface area contributed by atoms with Crippen molar-refractivity contribution in [2.75, 3.05) is 26.2 Å². The highest BCUT2D eigenvalue weighted by Gasteiger charge is 2.37. The number of likely N-dealkylation sites (tertiary alicyclic amines) is 1. The van der Waals surface area contributed by atoms with E-state index in [2.05, 4.69) is 10.2 Å². The maximum absolute atomic E-state index is 10.6. The van der Waals surface area contributed by atoms with Crippen LogP contribution in [0.2, 0.25) is 0 Å². The fourth-order valence-corrected chi connectivity index (χ4v) is 2.63. The summed E-state index contributed by atoms with van der Waals surface area (Å²) in [6.07, 6.45) is 0.271. The first-order valence-electron chi connectivity index (χ1n) is 5.33. The topological polar surface area (TPSA) is 52.6 Å². The lowest BCUT2D eigenvalue weighted by Crippen LogP contribution is -2.35. The zero-order valence-corrected chi connectivity index (χ0v) is 8.57. The molecule has 3 unspecified atom stereocenters. The van der Waals surface area contributed by atoms with Gasteiger partial charge in [0.15, 0.2) is 0 Å². The first kappa shape index (κ1) is 9.93. The maximum atomic E-state index is 10.6. The van der Waals surface area contributed by atoms with E-state index in [0.717, 1.165) is 38.0 Å². The molecule has 0 aromatic heterocycles. The Balaban J connectivity index is 1.86. The molecule has 0 saturated carbocycles. The third-order valence-corrected chi connectivity index (χ3v) is 3.51. The molecule has 2 N–H and O–H groups in total. The standard InChI is InChI=1S/C10H18N2O2/c1-7(2-10(13)14)12-5-8-3-11-4-9(8)6-12/h7-9,11H,2-6H2,1H3,(H,13,14). The molecule has 4 heteroatoms. The van der Waals surface area contributed by atoms with Gasteiger partial charge in [-0.05, 0) is 31.8 Å². The Morgan fingerprint density at radius 2 is 2.07 bits per heavy atom. The molecular formula is C10H18N2O2. The van der Waals surface area contributed by atoms with Crippen LogP contribution in [0.1, 0.15) is 13.3 Å². The predicted molar refractivity (Wildman–Crippen MR) is 53.1 cm³/mol. The van der Waals surface area contributed by atoms with Gasteiger partial charge in [0.25, 0.3) is 0 Å². The van der Waals surface area contributed by atoms with E-state index in [9.17, 15) is 4.79 Å². The minimum Gasteiger partial charge on any atom is -0.481 e. The second-order valence-corrected chi connectivity index (χ2v) is 4.58. The molecular weight excluding hydrogens is 180 g/mol. The van der Waals surface area contributed by atoms with Crippen LogP contribution in [0.3, 0.4) is 0 Å². The van der Waals surface area contributed by atoms with Crippen molar-refractivity contribution in [3.05, 3.63) is 0 Å². The van der Waals surface area contributed by atoms with Crippen LogP contribution in [-0.4, -0.2) is 48.2 Å². The number of fused-ring (bicyclic) bond motifs is 1. The average molecular weight is 198 g/mol. The van der Waals surface area contributed by atoms with Crippen LogP contribution in [0.4, 0.5) is 0 Å². The number of carboxylic acid groups (broad SMARTS) is 1. The summed E-state index contributed by atoms with van der Waals surface area (Å²) >= 11 is 0. The highest BCUT2D eigenvalue weighted by Crippen LogP contribution is 2.28. The molecule has 0 aromatic rings. The molecule has 2 heterocycles. The number of nitrogens with zero attached hydrogens (tertiary/aromatic N) is 1. The Labute approximate surface area is 84.3 Å². The molecule has 3 atom stereocenters. The van der Waals surface area contributed by atoms with E-state index in [-0.39, 0.29) is 12.5 Å². The molecule has 2 aliphatic heterocycles. The zero-order valence-electron chi connectivity index (χ0n) is 8.57. The minimum atomic E-state index is -0.687. The van der Waals surface area contributed by atoms with E-state index < -0.39 is 5.97 Å². The summed E-state index contributed by atoms with van der Waals surface area (Å²) in [6.45, 7) is 6.39. The number of aliphatic carboxylic acids is 1. The van der Waals surface area contributed by atoms with Crippen molar-refractivity contribution in [2.45, 2.75) is 19.4 Å². The summed E-state index contributed by atoms with van der Waals surface area (Å²) in [5, 5.41) is 12.1. The summed E-state index contributed by atoms with van der Waals surface area (Å²) in [4.78, 5) is 12.9. The number of hydrogen-bond acceptors (Lipinski definition) is 3. The third-order valence-electron chi connectivity index (χ3n) is 3.51. The van der Waals surface area contributed by atoms with Gasteiger partial charge in [-0.15, -0.1) is 0 Å². The van der Waals surface area contributed by atoms with Gasteiger partial charge in [0.05, 0.1) is 6.42 Å². The molecule has 0 bridgehead atoms. The van der Waals surface area contributed by atoms with Crippen LogP contribution in [0.25, 0.3) is 0 Å². The van der Waals surface area contributed by atoms with Gasteiger partial charge in [-0.25, -0.2) is 0 Å². The molecule has 2 rings (SSSR count). The molecule has 80 valence electrons. The first-order chi connectivity index (χ1) is 6.66. The van der Waals surface area contributed by atoms with Crippen LogP contribution >= 0.6 is 0 Å². The molecule has 2 aliphatic rings. The molecule has 0 radical (unpaired) electrons. The van der Waals surface area contributed by atoms with Crippen molar-refractivity contribution in [1.82, 2.24) is 10.2 Å². The Morgan fingerprint density at radius 3 is 2.57 bits per heavy atom. The van der Waals surface area contributed by atoms with Gasteiger partial charge >= 0.3 is 5.97 Å². The summed E-state index contributed by atoms with van der Waals surface area (Å²) in [5.74, 6) is 0.824. The Bertz CT molecular complexity index is 220. The minimum absolute atomic E-state index is 0.193. The number of hydrogen-bond donors (Lipinski definition) is 2.